The maximum atomic E-state index is 12.6. The molecule has 1 amide bonds. The fourth-order valence-corrected chi connectivity index (χ4v) is 2.68. The van der Waals surface area contributed by atoms with E-state index in [9.17, 15) is 24.0 Å². The van der Waals surface area contributed by atoms with Gasteiger partial charge in [-0.2, -0.15) is 0 Å². The van der Waals surface area contributed by atoms with Crippen LogP contribution < -0.4 is 10.6 Å². The third kappa shape index (κ3) is 17.4. The third-order valence-electron chi connectivity index (χ3n) is 3.93. The highest BCUT2D eigenvalue weighted by molar-refractivity contribution is 5.86. The number of hydrogen-bond acceptors (Lipinski definition) is 9. The van der Waals surface area contributed by atoms with Crippen molar-refractivity contribution >= 4 is 29.8 Å². The van der Waals surface area contributed by atoms with Crippen molar-refractivity contribution in [1.29, 1.82) is 0 Å². The smallest absolute Gasteiger partial charge is 0.329 e. The van der Waals surface area contributed by atoms with Crippen LogP contribution in [0.25, 0.3) is 0 Å². The number of esters is 3. The van der Waals surface area contributed by atoms with Gasteiger partial charge in [0.1, 0.15) is 28.9 Å². The van der Waals surface area contributed by atoms with E-state index in [-0.39, 0.29) is 32.2 Å². The Hall–Kier alpha value is -2.69. The van der Waals surface area contributed by atoms with Gasteiger partial charge >= 0.3 is 23.9 Å². The van der Waals surface area contributed by atoms with Gasteiger partial charge in [-0.25, -0.2) is 4.79 Å². The first-order valence-electron chi connectivity index (χ1n) is 11.6. The Balaban J connectivity index is 5.25. The number of carbonyl (C=O) groups excluding carboxylic acids is 4. The molecule has 11 nitrogen and oxygen atoms in total. The summed E-state index contributed by atoms with van der Waals surface area (Å²) in [6.07, 6.45) is -0.585. The Kier molecular flexibility index (Phi) is 12.4. The van der Waals surface area contributed by atoms with Crippen LogP contribution in [0.5, 0.6) is 0 Å². The van der Waals surface area contributed by atoms with Gasteiger partial charge < -0.3 is 24.6 Å². The van der Waals surface area contributed by atoms with Gasteiger partial charge in [-0.15, -0.1) is 0 Å². The molecule has 0 aromatic carbocycles. The Bertz CT molecular complexity index is 758. The lowest BCUT2D eigenvalue weighted by Crippen LogP contribution is -2.50. The second kappa shape index (κ2) is 13.4. The molecule has 0 radical (unpaired) electrons. The first kappa shape index (κ1) is 32.3. The molecule has 0 aliphatic rings. The molecule has 0 aromatic heterocycles. The summed E-state index contributed by atoms with van der Waals surface area (Å²) in [5, 5.41) is 14.2. The summed E-state index contributed by atoms with van der Waals surface area (Å²) in [4.78, 5) is 60.6. The maximum absolute atomic E-state index is 12.6. The molecule has 0 aliphatic carbocycles. The van der Waals surface area contributed by atoms with Gasteiger partial charge in [-0.1, -0.05) is 0 Å². The zero-order chi connectivity index (χ0) is 27.6. The van der Waals surface area contributed by atoms with Crippen molar-refractivity contribution in [2.24, 2.45) is 0 Å². The summed E-state index contributed by atoms with van der Waals surface area (Å²) in [7, 11) is 0. The summed E-state index contributed by atoms with van der Waals surface area (Å²) in [5.41, 5.74) is -2.30. The van der Waals surface area contributed by atoms with E-state index in [0.29, 0.717) is 0 Å². The molecule has 35 heavy (non-hydrogen) atoms. The summed E-state index contributed by atoms with van der Waals surface area (Å²) in [6, 6.07) is -2.17. The average Bonchev–Trinajstić information content (AvgIpc) is 2.60. The third-order valence-corrected chi connectivity index (χ3v) is 3.93. The topological polar surface area (TPSA) is 157 Å². The molecule has 0 rings (SSSR count). The minimum Gasteiger partial charge on any atom is -0.481 e. The number of nitrogens with one attached hydrogen (secondary N) is 2. The summed E-state index contributed by atoms with van der Waals surface area (Å²) >= 11 is 0. The summed E-state index contributed by atoms with van der Waals surface area (Å²) in [5.74, 6) is -3.70. The second-order valence-electron chi connectivity index (χ2n) is 11.2. The molecule has 0 saturated heterocycles. The van der Waals surface area contributed by atoms with E-state index in [2.05, 4.69) is 10.6 Å². The van der Waals surface area contributed by atoms with Gasteiger partial charge in [0.25, 0.3) is 0 Å². The molecule has 0 heterocycles. The Morgan fingerprint density at radius 2 is 1.11 bits per heavy atom. The minimum atomic E-state index is -1.18. The SMILES string of the molecule is CC(C)(C)OC(=O)CC[C@H](NCC(=O)N[C@@H](CCC(=O)O)C(=O)OC(C)(C)C)C(=O)OC(C)(C)C. The molecule has 3 N–H and O–H groups in total. The van der Waals surface area contributed by atoms with Gasteiger partial charge in [-0.05, 0) is 75.2 Å². The summed E-state index contributed by atoms with van der Waals surface area (Å²) in [6.45, 7) is 14.8. The molecule has 2 atom stereocenters. The monoisotopic (exact) mass is 502 g/mol. The lowest BCUT2D eigenvalue weighted by Gasteiger charge is -2.26. The Morgan fingerprint density at radius 3 is 1.54 bits per heavy atom. The van der Waals surface area contributed by atoms with Crippen molar-refractivity contribution in [3.8, 4) is 0 Å². The fourth-order valence-electron chi connectivity index (χ4n) is 2.68. The van der Waals surface area contributed by atoms with Crippen molar-refractivity contribution in [2.45, 2.75) is 117 Å². The van der Waals surface area contributed by atoms with Crippen LogP contribution in [0.4, 0.5) is 0 Å². The first-order valence-corrected chi connectivity index (χ1v) is 11.6. The predicted molar refractivity (Wildman–Crippen MR) is 127 cm³/mol. The van der Waals surface area contributed by atoms with Crippen LogP contribution >= 0.6 is 0 Å². The van der Waals surface area contributed by atoms with E-state index in [1.54, 1.807) is 62.3 Å². The minimum absolute atomic E-state index is 0.0195. The van der Waals surface area contributed by atoms with Gasteiger partial charge in [-0.3, -0.25) is 24.5 Å². The second-order valence-corrected chi connectivity index (χ2v) is 11.2. The van der Waals surface area contributed by atoms with Crippen molar-refractivity contribution in [3.05, 3.63) is 0 Å². The zero-order valence-corrected chi connectivity index (χ0v) is 22.4. The molecular weight excluding hydrogens is 460 g/mol. The van der Waals surface area contributed by atoms with Crippen LogP contribution in [-0.4, -0.2) is 70.3 Å². The molecule has 0 saturated carbocycles. The number of amides is 1. The maximum Gasteiger partial charge on any atom is 0.329 e. The van der Waals surface area contributed by atoms with Crippen LogP contribution in [0.1, 0.15) is 88.0 Å². The average molecular weight is 503 g/mol. The lowest BCUT2D eigenvalue weighted by molar-refractivity contribution is -0.161. The predicted octanol–water partition coefficient (Wildman–Crippen LogP) is 2.10. The first-order chi connectivity index (χ1) is 15.7. The highest BCUT2D eigenvalue weighted by Crippen LogP contribution is 2.14. The summed E-state index contributed by atoms with van der Waals surface area (Å²) < 4.78 is 15.9. The molecule has 0 unspecified atom stereocenters. The fraction of sp³-hybridized carbons (Fsp3) is 0.792. The van der Waals surface area contributed by atoms with Gasteiger partial charge in [0, 0.05) is 12.8 Å². The van der Waals surface area contributed by atoms with Crippen molar-refractivity contribution in [3.63, 3.8) is 0 Å². The van der Waals surface area contributed by atoms with Gasteiger partial charge in [0.05, 0.1) is 6.54 Å². The number of ether oxygens (including phenoxy) is 3. The van der Waals surface area contributed by atoms with Crippen LogP contribution in [-0.2, 0) is 38.2 Å². The number of carboxylic acids is 1. The van der Waals surface area contributed by atoms with Crippen molar-refractivity contribution < 1.29 is 43.3 Å². The highest BCUT2D eigenvalue weighted by Gasteiger charge is 2.30. The molecule has 0 fully saturated rings. The zero-order valence-electron chi connectivity index (χ0n) is 22.4. The standard InChI is InChI=1S/C24H42N2O9/c1-22(2,3)33-19(30)13-11-15(20(31)34-23(4,5)6)25-14-17(27)26-16(10-12-18(28)29)21(32)35-24(7,8)9/h15-16,25H,10-14H2,1-9H3,(H,26,27)(H,28,29)/t15-,16-/m0/s1. The van der Waals surface area contributed by atoms with Gasteiger partial charge in [0.2, 0.25) is 5.91 Å². The largest absolute Gasteiger partial charge is 0.481 e. The van der Waals surface area contributed by atoms with E-state index in [0.717, 1.165) is 0 Å². The molecule has 0 spiro atoms. The molecular formula is C24H42N2O9. The van der Waals surface area contributed by atoms with E-state index in [4.69, 9.17) is 19.3 Å². The molecule has 11 heteroatoms. The number of rotatable bonds is 12. The lowest BCUT2D eigenvalue weighted by atomic mass is 10.1. The van der Waals surface area contributed by atoms with Gasteiger partial charge in [0.15, 0.2) is 0 Å². The normalized spacial score (nSPS) is 13.9. The van der Waals surface area contributed by atoms with Crippen LogP contribution in [0.2, 0.25) is 0 Å². The Morgan fingerprint density at radius 1 is 0.686 bits per heavy atom. The number of carbonyl (C=O) groups is 5. The van der Waals surface area contributed by atoms with Crippen molar-refractivity contribution in [1.82, 2.24) is 10.6 Å². The van der Waals surface area contributed by atoms with E-state index in [1.165, 1.54) is 0 Å². The quantitative estimate of drug-likeness (QED) is 0.267. The molecule has 0 aliphatic heterocycles. The Labute approximate surface area is 207 Å². The molecule has 202 valence electrons. The highest BCUT2D eigenvalue weighted by atomic mass is 16.6. The molecule has 0 aromatic rings. The number of carboxylic acid groups (broad SMARTS) is 1. The van der Waals surface area contributed by atoms with E-state index in [1.807, 2.05) is 0 Å². The number of aliphatic carboxylic acids is 1. The van der Waals surface area contributed by atoms with Crippen LogP contribution in [0.3, 0.4) is 0 Å². The van der Waals surface area contributed by atoms with Crippen LogP contribution in [0.15, 0.2) is 0 Å². The van der Waals surface area contributed by atoms with Crippen molar-refractivity contribution in [2.75, 3.05) is 6.54 Å². The van der Waals surface area contributed by atoms with E-state index < -0.39 is 58.7 Å². The van der Waals surface area contributed by atoms with E-state index >= 15 is 0 Å². The number of hydrogen-bond donors (Lipinski definition) is 3. The molecule has 0 bridgehead atoms. The van der Waals surface area contributed by atoms with Crippen LogP contribution in [0, 0.1) is 0 Å².